The third-order valence-corrected chi connectivity index (χ3v) is 1.42. The number of halogens is 1. The van der Waals surface area contributed by atoms with Gasteiger partial charge < -0.3 is 5.32 Å². The predicted octanol–water partition coefficient (Wildman–Crippen LogP) is 0.493. The summed E-state index contributed by atoms with van der Waals surface area (Å²) in [5, 5.41) is 9.77. The van der Waals surface area contributed by atoms with Crippen molar-refractivity contribution in [1.82, 2.24) is 15.5 Å². The summed E-state index contributed by atoms with van der Waals surface area (Å²) in [4.78, 5) is 11.2. The van der Waals surface area contributed by atoms with Gasteiger partial charge in [-0.05, 0) is 12.1 Å². The summed E-state index contributed by atoms with van der Waals surface area (Å²) in [7, 11) is 0. The van der Waals surface area contributed by atoms with Crippen molar-refractivity contribution in [2.24, 2.45) is 0 Å². The first-order valence-corrected chi connectivity index (χ1v) is 3.82. The molecule has 5 heteroatoms. The van der Waals surface area contributed by atoms with Gasteiger partial charge in [0.25, 0.3) is 5.91 Å². The van der Waals surface area contributed by atoms with Crippen LogP contribution in [-0.4, -0.2) is 22.6 Å². The van der Waals surface area contributed by atoms with Crippen molar-refractivity contribution in [2.75, 3.05) is 6.54 Å². The molecule has 1 amide bonds. The molecule has 4 nitrogen and oxygen atoms in total. The molecule has 0 fully saturated rings. The third-order valence-electron chi connectivity index (χ3n) is 1.22. The minimum atomic E-state index is -0.359. The van der Waals surface area contributed by atoms with Gasteiger partial charge in [0.15, 0.2) is 10.8 Å². The van der Waals surface area contributed by atoms with Gasteiger partial charge >= 0.3 is 0 Å². The number of terminal acetylenes is 1. The van der Waals surface area contributed by atoms with E-state index in [1.807, 2.05) is 0 Å². The van der Waals surface area contributed by atoms with E-state index in [1.54, 1.807) is 0 Å². The quantitative estimate of drug-likeness (QED) is 0.699. The Labute approximate surface area is 80.3 Å². The lowest BCUT2D eigenvalue weighted by Gasteiger charge is -1.98. The Morgan fingerprint density at radius 3 is 2.92 bits per heavy atom. The van der Waals surface area contributed by atoms with Crippen molar-refractivity contribution in [3.05, 3.63) is 23.0 Å². The highest BCUT2D eigenvalue weighted by molar-refractivity contribution is 6.29. The molecule has 0 saturated heterocycles. The molecular weight excluding hydrogens is 190 g/mol. The first kappa shape index (κ1) is 9.49. The van der Waals surface area contributed by atoms with Gasteiger partial charge in [0, 0.05) is 0 Å². The van der Waals surface area contributed by atoms with E-state index in [9.17, 15) is 4.79 Å². The van der Waals surface area contributed by atoms with E-state index in [-0.39, 0.29) is 23.3 Å². The molecule has 0 unspecified atom stereocenters. The molecule has 1 N–H and O–H groups in total. The number of nitrogens with zero attached hydrogens (tertiary/aromatic N) is 2. The minimum Gasteiger partial charge on any atom is -0.340 e. The lowest BCUT2D eigenvalue weighted by atomic mass is 10.4. The molecule has 0 aromatic carbocycles. The van der Waals surface area contributed by atoms with Crippen molar-refractivity contribution >= 4 is 17.5 Å². The Morgan fingerprint density at radius 2 is 2.38 bits per heavy atom. The van der Waals surface area contributed by atoms with Crippen LogP contribution in [0.1, 0.15) is 10.5 Å². The van der Waals surface area contributed by atoms with E-state index in [1.165, 1.54) is 12.1 Å². The zero-order valence-corrected chi connectivity index (χ0v) is 7.38. The lowest BCUT2D eigenvalue weighted by Crippen LogP contribution is -2.24. The van der Waals surface area contributed by atoms with Crippen LogP contribution in [0.15, 0.2) is 12.1 Å². The Morgan fingerprint density at radius 1 is 1.62 bits per heavy atom. The maximum Gasteiger partial charge on any atom is 0.272 e. The fourth-order valence-electron chi connectivity index (χ4n) is 0.659. The molecule has 0 aliphatic rings. The Bertz CT molecular complexity index is 341. The standard InChI is InChI=1S/C8H6ClN3O/c1-2-5-10-8(13)6-3-4-7(9)12-11-6/h1,3-4H,5H2,(H,10,13). The molecule has 0 aliphatic heterocycles. The summed E-state index contributed by atoms with van der Waals surface area (Å²) in [6.45, 7) is 0.170. The first-order chi connectivity index (χ1) is 6.24. The predicted molar refractivity (Wildman–Crippen MR) is 48.2 cm³/mol. The Hall–Kier alpha value is -1.60. The van der Waals surface area contributed by atoms with E-state index in [2.05, 4.69) is 21.4 Å². The number of hydrogen-bond donors (Lipinski definition) is 1. The smallest absolute Gasteiger partial charge is 0.272 e. The number of carbonyl (C=O) groups excluding carboxylic acids is 1. The van der Waals surface area contributed by atoms with Crippen LogP contribution < -0.4 is 5.32 Å². The number of carbonyl (C=O) groups is 1. The average Bonchev–Trinajstić information content (AvgIpc) is 2.15. The van der Waals surface area contributed by atoms with Crippen LogP contribution in [0.5, 0.6) is 0 Å². The summed E-state index contributed by atoms with van der Waals surface area (Å²) in [6.07, 6.45) is 4.96. The van der Waals surface area contributed by atoms with Gasteiger partial charge in [-0.25, -0.2) is 0 Å². The largest absolute Gasteiger partial charge is 0.340 e. The van der Waals surface area contributed by atoms with E-state index in [0.29, 0.717) is 0 Å². The molecule has 1 aromatic heterocycles. The van der Waals surface area contributed by atoms with Gasteiger partial charge in [0.2, 0.25) is 0 Å². The molecular formula is C8H6ClN3O. The minimum absolute atomic E-state index is 0.170. The molecule has 1 rings (SSSR count). The fraction of sp³-hybridized carbons (Fsp3) is 0.125. The second kappa shape index (κ2) is 4.43. The Balaban J connectivity index is 2.68. The maximum absolute atomic E-state index is 11.2. The second-order valence-corrected chi connectivity index (χ2v) is 2.52. The van der Waals surface area contributed by atoms with Gasteiger partial charge in [0.05, 0.1) is 6.54 Å². The van der Waals surface area contributed by atoms with E-state index < -0.39 is 0 Å². The van der Waals surface area contributed by atoms with E-state index in [0.717, 1.165) is 0 Å². The van der Waals surface area contributed by atoms with Gasteiger partial charge in [-0.3, -0.25) is 4.79 Å². The van der Waals surface area contributed by atoms with Gasteiger partial charge in [-0.1, -0.05) is 17.5 Å². The number of aromatic nitrogens is 2. The maximum atomic E-state index is 11.2. The van der Waals surface area contributed by atoms with Crippen molar-refractivity contribution in [2.45, 2.75) is 0 Å². The summed E-state index contributed by atoms with van der Waals surface area (Å²) in [6, 6.07) is 2.96. The molecule has 0 saturated carbocycles. The molecule has 13 heavy (non-hydrogen) atoms. The molecule has 0 aliphatic carbocycles. The van der Waals surface area contributed by atoms with Gasteiger partial charge in [0.1, 0.15) is 0 Å². The zero-order valence-electron chi connectivity index (χ0n) is 6.62. The van der Waals surface area contributed by atoms with Crippen LogP contribution in [0.4, 0.5) is 0 Å². The highest BCUT2D eigenvalue weighted by atomic mass is 35.5. The van der Waals surface area contributed by atoms with Crippen molar-refractivity contribution < 1.29 is 4.79 Å². The molecule has 0 atom stereocenters. The van der Waals surface area contributed by atoms with E-state index >= 15 is 0 Å². The van der Waals surface area contributed by atoms with Crippen molar-refractivity contribution in [3.63, 3.8) is 0 Å². The third kappa shape index (κ3) is 2.73. The fourth-order valence-corrected chi connectivity index (χ4v) is 0.760. The molecule has 0 radical (unpaired) electrons. The highest BCUT2D eigenvalue weighted by Crippen LogP contribution is 2.01. The normalized spacial score (nSPS) is 8.92. The van der Waals surface area contributed by atoms with Crippen LogP contribution in [0.2, 0.25) is 5.15 Å². The molecule has 0 bridgehead atoms. The highest BCUT2D eigenvalue weighted by Gasteiger charge is 2.05. The van der Waals surface area contributed by atoms with Crippen LogP contribution in [0.3, 0.4) is 0 Å². The number of nitrogens with one attached hydrogen (secondary N) is 1. The summed E-state index contributed by atoms with van der Waals surface area (Å²) in [5.74, 6) is 1.91. The lowest BCUT2D eigenvalue weighted by molar-refractivity contribution is 0.0952. The SMILES string of the molecule is C#CCNC(=O)c1ccc(Cl)nn1. The van der Waals surface area contributed by atoms with Gasteiger partial charge in [-0.15, -0.1) is 16.6 Å². The summed E-state index contributed by atoms with van der Waals surface area (Å²) < 4.78 is 0. The monoisotopic (exact) mass is 195 g/mol. The van der Waals surface area contributed by atoms with Crippen molar-refractivity contribution in [1.29, 1.82) is 0 Å². The summed E-state index contributed by atoms with van der Waals surface area (Å²) in [5.41, 5.74) is 0.194. The number of hydrogen-bond acceptors (Lipinski definition) is 3. The van der Waals surface area contributed by atoms with Crippen molar-refractivity contribution in [3.8, 4) is 12.3 Å². The second-order valence-electron chi connectivity index (χ2n) is 2.13. The first-order valence-electron chi connectivity index (χ1n) is 3.45. The summed E-state index contributed by atoms with van der Waals surface area (Å²) >= 11 is 5.48. The van der Waals surface area contributed by atoms with Crippen LogP contribution in [0.25, 0.3) is 0 Å². The van der Waals surface area contributed by atoms with Crippen LogP contribution in [0, 0.1) is 12.3 Å². The topological polar surface area (TPSA) is 54.9 Å². The molecule has 1 aromatic rings. The molecule has 0 spiro atoms. The van der Waals surface area contributed by atoms with Crippen LogP contribution in [-0.2, 0) is 0 Å². The van der Waals surface area contributed by atoms with E-state index in [4.69, 9.17) is 18.0 Å². The number of rotatable bonds is 2. The van der Waals surface area contributed by atoms with Gasteiger partial charge in [-0.2, -0.15) is 0 Å². The molecule has 1 heterocycles. The van der Waals surface area contributed by atoms with Crippen LogP contribution >= 0.6 is 11.6 Å². The molecule has 66 valence electrons. The number of amides is 1. The Kier molecular flexibility index (Phi) is 3.23. The average molecular weight is 196 g/mol. The zero-order chi connectivity index (χ0) is 9.68.